The molecule has 0 aromatic rings. The molecule has 0 aliphatic heterocycles. The van der Waals surface area contributed by atoms with Crippen molar-refractivity contribution < 1.29 is 52.4 Å². The lowest BCUT2D eigenvalue weighted by Crippen LogP contribution is -2.42. The number of amides is 1. The molecule has 12 heteroatoms. The fourth-order valence-corrected chi connectivity index (χ4v) is 3.45. The largest absolute Gasteiger partial charge is 0.463 e. The minimum atomic E-state index is -0.819. The standard InChI is InChI=1S/C27H47NO11.2C2H6/c1-6-22(7-9-25(31)38-17-15-36-13-11-34-4)27(33)28-20(2)24(30)19-23(21(3)29)8-10-26(32)39-18-16-37-14-12-35-5;2*1-2/h20,22-23H,6-19H2,1-5H3,(H,28,33);2*1-2H3/t20-,22-,23?;;/m0../s1. The summed E-state index contributed by atoms with van der Waals surface area (Å²) in [6.45, 7) is 15.2. The molecule has 0 heterocycles. The summed E-state index contributed by atoms with van der Waals surface area (Å²) in [6.07, 6.45) is 0.887. The Morgan fingerprint density at radius 2 is 1.07 bits per heavy atom. The van der Waals surface area contributed by atoms with E-state index in [9.17, 15) is 24.0 Å². The Balaban J connectivity index is -0.00000382. The third-order valence-corrected chi connectivity index (χ3v) is 5.97. The van der Waals surface area contributed by atoms with Gasteiger partial charge in [0.1, 0.15) is 19.0 Å². The van der Waals surface area contributed by atoms with Gasteiger partial charge in [-0.05, 0) is 33.1 Å². The molecule has 254 valence electrons. The molecule has 1 unspecified atom stereocenters. The van der Waals surface area contributed by atoms with Crippen LogP contribution in [0.25, 0.3) is 0 Å². The van der Waals surface area contributed by atoms with Crippen molar-refractivity contribution in [2.24, 2.45) is 11.8 Å². The quantitative estimate of drug-likeness (QED) is 0.117. The molecule has 0 saturated carbocycles. The lowest BCUT2D eigenvalue weighted by molar-refractivity contribution is -0.146. The zero-order valence-electron chi connectivity index (χ0n) is 28.1. The SMILES string of the molecule is CC.CC.CC[C@@H](CCC(=O)OCCOCCOC)C(=O)N[C@@H](C)C(=O)CC(CCC(=O)OCCOCCOC)C(C)=O. The van der Waals surface area contributed by atoms with E-state index in [2.05, 4.69) is 5.32 Å². The van der Waals surface area contributed by atoms with E-state index in [0.29, 0.717) is 32.8 Å². The van der Waals surface area contributed by atoms with Gasteiger partial charge in [-0.3, -0.25) is 24.0 Å². The molecule has 12 nitrogen and oxygen atoms in total. The molecule has 0 aromatic carbocycles. The molecule has 1 N–H and O–H groups in total. The fraction of sp³-hybridized carbons (Fsp3) is 0.839. The predicted octanol–water partition coefficient (Wildman–Crippen LogP) is 3.71. The fourth-order valence-electron chi connectivity index (χ4n) is 3.45. The molecule has 0 rings (SSSR count). The van der Waals surface area contributed by atoms with Crippen LogP contribution in [0.2, 0.25) is 0 Å². The highest BCUT2D eigenvalue weighted by Crippen LogP contribution is 2.16. The number of Topliss-reactive ketones (excluding diaryl/α,β-unsaturated/α-hetero) is 2. The molecule has 0 aliphatic rings. The summed E-state index contributed by atoms with van der Waals surface area (Å²) in [4.78, 5) is 61.4. The number of rotatable bonds is 25. The van der Waals surface area contributed by atoms with Crippen LogP contribution < -0.4 is 5.32 Å². The van der Waals surface area contributed by atoms with Crippen LogP contribution >= 0.6 is 0 Å². The lowest BCUT2D eigenvalue weighted by atomic mass is 9.91. The Labute approximate surface area is 259 Å². The number of ether oxygens (including phenoxy) is 6. The third kappa shape index (κ3) is 26.9. The highest BCUT2D eigenvalue weighted by atomic mass is 16.6. The van der Waals surface area contributed by atoms with E-state index in [-0.39, 0.29) is 76.0 Å². The molecule has 0 aliphatic carbocycles. The van der Waals surface area contributed by atoms with Gasteiger partial charge in [-0.25, -0.2) is 0 Å². The van der Waals surface area contributed by atoms with E-state index in [0.717, 1.165) is 0 Å². The summed E-state index contributed by atoms with van der Waals surface area (Å²) in [7, 11) is 3.12. The molecule has 0 bridgehead atoms. The first-order valence-electron chi connectivity index (χ1n) is 15.4. The summed E-state index contributed by atoms with van der Waals surface area (Å²) >= 11 is 0. The van der Waals surface area contributed by atoms with Crippen molar-refractivity contribution in [3.63, 3.8) is 0 Å². The highest BCUT2D eigenvalue weighted by Gasteiger charge is 2.26. The van der Waals surface area contributed by atoms with Crippen LogP contribution in [-0.2, 0) is 52.4 Å². The Morgan fingerprint density at radius 1 is 0.651 bits per heavy atom. The topological polar surface area (TPSA) is 153 Å². The van der Waals surface area contributed by atoms with Crippen LogP contribution in [0.15, 0.2) is 0 Å². The summed E-state index contributed by atoms with van der Waals surface area (Å²) in [5, 5.41) is 2.69. The predicted molar refractivity (Wildman–Crippen MR) is 164 cm³/mol. The van der Waals surface area contributed by atoms with Crippen LogP contribution in [0.4, 0.5) is 0 Å². The van der Waals surface area contributed by atoms with Gasteiger partial charge in [-0.15, -0.1) is 0 Å². The van der Waals surface area contributed by atoms with Crippen LogP contribution in [0.1, 0.15) is 87.0 Å². The van der Waals surface area contributed by atoms with Gasteiger partial charge < -0.3 is 33.7 Å². The Kier molecular flexibility index (Phi) is 34.0. The van der Waals surface area contributed by atoms with E-state index in [1.807, 2.05) is 34.6 Å². The number of methoxy groups -OCH3 is 2. The van der Waals surface area contributed by atoms with Crippen molar-refractivity contribution in [3.05, 3.63) is 0 Å². The maximum absolute atomic E-state index is 12.7. The van der Waals surface area contributed by atoms with Gasteiger partial charge in [0, 0.05) is 45.3 Å². The average molecular weight is 622 g/mol. The van der Waals surface area contributed by atoms with Crippen molar-refractivity contribution in [1.82, 2.24) is 5.32 Å². The molecule has 0 radical (unpaired) electrons. The van der Waals surface area contributed by atoms with Gasteiger partial charge in [-0.2, -0.15) is 0 Å². The summed E-state index contributed by atoms with van der Waals surface area (Å²) in [6, 6.07) is -0.819. The monoisotopic (exact) mass is 621 g/mol. The van der Waals surface area contributed by atoms with Gasteiger partial charge in [0.05, 0.1) is 45.7 Å². The summed E-state index contributed by atoms with van der Waals surface area (Å²) in [5.74, 6) is -2.90. The number of carbonyl (C=O) groups excluding carboxylic acids is 5. The van der Waals surface area contributed by atoms with Crippen molar-refractivity contribution in [2.75, 3.05) is 67.1 Å². The third-order valence-electron chi connectivity index (χ3n) is 5.97. The van der Waals surface area contributed by atoms with E-state index in [1.165, 1.54) is 6.92 Å². The zero-order valence-corrected chi connectivity index (χ0v) is 28.1. The first-order chi connectivity index (χ1) is 20.7. The molecule has 3 atom stereocenters. The van der Waals surface area contributed by atoms with Crippen molar-refractivity contribution in [3.8, 4) is 0 Å². The summed E-state index contributed by atoms with van der Waals surface area (Å²) < 4.78 is 30.3. The van der Waals surface area contributed by atoms with E-state index in [4.69, 9.17) is 28.4 Å². The van der Waals surface area contributed by atoms with Gasteiger partial charge in [-0.1, -0.05) is 34.6 Å². The number of carbonyl (C=O) groups is 5. The number of nitrogens with one attached hydrogen (secondary N) is 1. The van der Waals surface area contributed by atoms with Crippen LogP contribution in [-0.4, -0.2) is 103 Å². The highest BCUT2D eigenvalue weighted by molar-refractivity contribution is 5.92. The molecule has 0 aromatic heterocycles. The zero-order chi connectivity index (χ0) is 33.5. The normalized spacial score (nSPS) is 12.3. The first-order valence-corrected chi connectivity index (χ1v) is 15.4. The molecule has 0 spiro atoms. The lowest BCUT2D eigenvalue weighted by Gasteiger charge is -2.20. The maximum atomic E-state index is 12.7. The molecular weight excluding hydrogens is 562 g/mol. The van der Waals surface area contributed by atoms with Crippen molar-refractivity contribution >= 4 is 29.4 Å². The Bertz CT molecular complexity index is 731. The Hall–Kier alpha value is -2.41. The van der Waals surface area contributed by atoms with Gasteiger partial charge >= 0.3 is 11.9 Å². The van der Waals surface area contributed by atoms with E-state index in [1.54, 1.807) is 21.1 Å². The minimum Gasteiger partial charge on any atom is -0.463 e. The van der Waals surface area contributed by atoms with E-state index < -0.39 is 29.8 Å². The first kappa shape index (κ1) is 45.0. The van der Waals surface area contributed by atoms with Crippen LogP contribution in [0.3, 0.4) is 0 Å². The molecule has 0 saturated heterocycles. The smallest absolute Gasteiger partial charge is 0.305 e. The maximum Gasteiger partial charge on any atom is 0.305 e. The van der Waals surface area contributed by atoms with Gasteiger partial charge in [0.2, 0.25) is 5.91 Å². The number of hydrogen-bond donors (Lipinski definition) is 1. The van der Waals surface area contributed by atoms with Crippen LogP contribution in [0, 0.1) is 11.8 Å². The molecule has 1 amide bonds. The number of esters is 2. The van der Waals surface area contributed by atoms with Crippen LogP contribution in [0.5, 0.6) is 0 Å². The second kappa shape index (κ2) is 32.5. The number of ketones is 2. The van der Waals surface area contributed by atoms with Gasteiger partial charge in [0.15, 0.2) is 5.78 Å². The minimum absolute atomic E-state index is 0.0103. The second-order valence-electron chi connectivity index (χ2n) is 9.04. The van der Waals surface area contributed by atoms with Gasteiger partial charge in [0.25, 0.3) is 0 Å². The van der Waals surface area contributed by atoms with Crippen molar-refractivity contribution in [1.29, 1.82) is 0 Å². The molecule has 0 fully saturated rings. The van der Waals surface area contributed by atoms with Crippen molar-refractivity contribution in [2.45, 2.75) is 93.0 Å². The molecular formula is C31H59NO11. The Morgan fingerprint density at radius 3 is 1.47 bits per heavy atom. The average Bonchev–Trinajstić information content (AvgIpc) is 3.00. The number of hydrogen-bond acceptors (Lipinski definition) is 11. The molecule has 43 heavy (non-hydrogen) atoms. The second-order valence-corrected chi connectivity index (χ2v) is 9.04. The van der Waals surface area contributed by atoms with E-state index >= 15 is 0 Å². The summed E-state index contributed by atoms with van der Waals surface area (Å²) in [5.41, 5.74) is 0.